The number of hydrogen-bond acceptors (Lipinski definition) is 3. The number of ether oxygens (including phenoxy) is 1. The monoisotopic (exact) mass is 482 g/mol. The van der Waals surface area contributed by atoms with Gasteiger partial charge in [0.1, 0.15) is 11.9 Å². The molecule has 1 aromatic heterocycles. The van der Waals surface area contributed by atoms with Crippen LogP contribution in [0.1, 0.15) is 30.5 Å². The minimum Gasteiger partial charge on any atom is -0.489 e. The molecule has 1 atom stereocenters. The molecule has 1 unspecified atom stereocenters. The van der Waals surface area contributed by atoms with Gasteiger partial charge in [0.05, 0.1) is 6.54 Å². The largest absolute Gasteiger partial charge is 0.489 e. The van der Waals surface area contributed by atoms with E-state index in [0.717, 1.165) is 36.8 Å². The van der Waals surface area contributed by atoms with E-state index in [1.54, 1.807) is 0 Å². The maximum absolute atomic E-state index is 5.99. The number of aryl methyl sites for hydroxylation is 2. The number of guanidine groups is 1. The summed E-state index contributed by atoms with van der Waals surface area (Å²) in [7, 11) is 0. The first-order valence-corrected chi connectivity index (χ1v) is 9.24. The van der Waals surface area contributed by atoms with Gasteiger partial charge in [0.2, 0.25) is 0 Å². The van der Waals surface area contributed by atoms with Crippen molar-refractivity contribution in [3.8, 4) is 5.75 Å². The van der Waals surface area contributed by atoms with E-state index in [9.17, 15) is 0 Å². The summed E-state index contributed by atoms with van der Waals surface area (Å²) >= 11 is 0. The van der Waals surface area contributed by atoms with Crippen LogP contribution >= 0.6 is 24.0 Å². The fourth-order valence-corrected chi connectivity index (χ4v) is 2.60. The number of pyridine rings is 1. The topological polar surface area (TPSA) is 58.5 Å². The Kier molecular flexibility index (Phi) is 10.8. The number of aromatic nitrogens is 1. The van der Waals surface area contributed by atoms with Crippen LogP contribution in [0.4, 0.5) is 0 Å². The van der Waals surface area contributed by atoms with Crippen LogP contribution in [0.3, 0.4) is 0 Å². The molecule has 2 rings (SSSR count). The van der Waals surface area contributed by atoms with Gasteiger partial charge in [0.15, 0.2) is 5.96 Å². The fourth-order valence-electron chi connectivity index (χ4n) is 2.60. The first-order valence-electron chi connectivity index (χ1n) is 9.24. The number of halogens is 1. The third-order valence-electron chi connectivity index (χ3n) is 4.10. The van der Waals surface area contributed by atoms with Gasteiger partial charge in [0, 0.05) is 25.5 Å². The molecule has 1 heterocycles. The Morgan fingerprint density at radius 3 is 2.63 bits per heavy atom. The van der Waals surface area contributed by atoms with E-state index in [1.165, 1.54) is 11.1 Å². The van der Waals surface area contributed by atoms with Crippen molar-refractivity contribution in [3.63, 3.8) is 0 Å². The van der Waals surface area contributed by atoms with E-state index >= 15 is 0 Å². The van der Waals surface area contributed by atoms with Crippen molar-refractivity contribution >= 4 is 29.9 Å². The van der Waals surface area contributed by atoms with Crippen LogP contribution < -0.4 is 15.4 Å². The van der Waals surface area contributed by atoms with Gasteiger partial charge < -0.3 is 15.4 Å². The molecule has 0 saturated heterocycles. The van der Waals surface area contributed by atoms with Gasteiger partial charge in [-0.05, 0) is 62.9 Å². The van der Waals surface area contributed by atoms with Gasteiger partial charge in [-0.2, -0.15) is 0 Å². The molecule has 5 nitrogen and oxygen atoms in total. The third-order valence-corrected chi connectivity index (χ3v) is 4.10. The van der Waals surface area contributed by atoms with Crippen molar-refractivity contribution in [1.82, 2.24) is 15.6 Å². The molecular weight excluding hydrogens is 451 g/mol. The van der Waals surface area contributed by atoms with Crippen molar-refractivity contribution in [1.29, 1.82) is 0 Å². The Labute approximate surface area is 180 Å². The molecule has 0 amide bonds. The number of benzene rings is 1. The first kappa shape index (κ1) is 23.2. The summed E-state index contributed by atoms with van der Waals surface area (Å²) in [5, 5.41) is 6.67. The Balaban J connectivity index is 0.00000364. The van der Waals surface area contributed by atoms with E-state index in [-0.39, 0.29) is 30.1 Å². The number of nitrogens with zero attached hydrogens (tertiary/aromatic N) is 2. The smallest absolute Gasteiger partial charge is 0.191 e. The highest BCUT2D eigenvalue weighted by Gasteiger charge is 2.06. The van der Waals surface area contributed by atoms with Crippen LogP contribution in [-0.4, -0.2) is 36.7 Å². The Morgan fingerprint density at radius 2 is 1.93 bits per heavy atom. The van der Waals surface area contributed by atoms with Gasteiger partial charge in [-0.1, -0.05) is 18.2 Å². The Hall–Kier alpha value is -1.83. The molecule has 0 saturated carbocycles. The van der Waals surface area contributed by atoms with Gasteiger partial charge in [-0.25, -0.2) is 4.99 Å². The zero-order chi connectivity index (χ0) is 18.8. The number of aliphatic imine (C=N–C) groups is 1. The lowest BCUT2D eigenvalue weighted by atomic mass is 10.1. The molecule has 0 aliphatic rings. The second-order valence-corrected chi connectivity index (χ2v) is 6.39. The molecule has 0 bridgehead atoms. The molecule has 6 heteroatoms. The van der Waals surface area contributed by atoms with Crippen molar-refractivity contribution in [2.45, 2.75) is 40.2 Å². The second kappa shape index (κ2) is 12.5. The highest BCUT2D eigenvalue weighted by atomic mass is 127. The molecular formula is C21H31IN4O. The lowest BCUT2D eigenvalue weighted by Crippen LogP contribution is -2.39. The number of hydrogen-bond donors (Lipinski definition) is 2. The van der Waals surface area contributed by atoms with Crippen molar-refractivity contribution in [2.24, 2.45) is 4.99 Å². The quantitative estimate of drug-likeness (QED) is 0.341. The average Bonchev–Trinajstić information content (AvgIpc) is 2.63. The zero-order valence-corrected chi connectivity index (χ0v) is 19.0. The summed E-state index contributed by atoms with van der Waals surface area (Å²) in [6.45, 7) is 10.5. The second-order valence-electron chi connectivity index (χ2n) is 6.39. The number of nitrogens with one attached hydrogen (secondary N) is 2. The standard InChI is InChI=1S/C21H30N4O.HI/c1-5-23-21(24-13-11-19-10-12-22-14-17(19)3)25-15-18(4)26-20-9-7-6-8-16(20)2;/h6-10,12,14,18H,5,11,13,15H2,1-4H3,(H2,23,24,25);1H. The molecule has 0 aliphatic heterocycles. The lowest BCUT2D eigenvalue weighted by Gasteiger charge is -2.16. The van der Waals surface area contributed by atoms with Crippen molar-refractivity contribution in [3.05, 3.63) is 59.4 Å². The van der Waals surface area contributed by atoms with Gasteiger partial charge in [-0.3, -0.25) is 4.98 Å². The van der Waals surface area contributed by atoms with Gasteiger partial charge in [0.25, 0.3) is 0 Å². The molecule has 148 valence electrons. The average molecular weight is 482 g/mol. The highest BCUT2D eigenvalue weighted by Crippen LogP contribution is 2.17. The minimum absolute atomic E-state index is 0. The van der Waals surface area contributed by atoms with E-state index in [4.69, 9.17) is 4.74 Å². The predicted molar refractivity (Wildman–Crippen MR) is 123 cm³/mol. The molecule has 27 heavy (non-hydrogen) atoms. The van der Waals surface area contributed by atoms with E-state index < -0.39 is 0 Å². The van der Waals surface area contributed by atoms with Crippen molar-refractivity contribution < 1.29 is 4.74 Å². The van der Waals surface area contributed by atoms with Crippen LogP contribution in [-0.2, 0) is 6.42 Å². The molecule has 0 fully saturated rings. The van der Waals surface area contributed by atoms with Crippen LogP contribution in [0, 0.1) is 13.8 Å². The maximum atomic E-state index is 5.99. The number of para-hydroxylation sites is 1. The van der Waals surface area contributed by atoms with Crippen LogP contribution in [0.5, 0.6) is 5.75 Å². The van der Waals surface area contributed by atoms with Crippen molar-refractivity contribution in [2.75, 3.05) is 19.6 Å². The van der Waals surface area contributed by atoms with Crippen LogP contribution in [0.15, 0.2) is 47.7 Å². The predicted octanol–water partition coefficient (Wildman–Crippen LogP) is 3.88. The van der Waals surface area contributed by atoms with Gasteiger partial charge >= 0.3 is 0 Å². The molecule has 0 radical (unpaired) electrons. The summed E-state index contributed by atoms with van der Waals surface area (Å²) in [5.74, 6) is 1.74. The maximum Gasteiger partial charge on any atom is 0.191 e. The molecule has 1 aromatic carbocycles. The van der Waals surface area contributed by atoms with Crippen LogP contribution in [0.2, 0.25) is 0 Å². The summed E-state index contributed by atoms with van der Waals surface area (Å²) in [6.07, 6.45) is 4.69. The highest BCUT2D eigenvalue weighted by molar-refractivity contribution is 14.0. The zero-order valence-electron chi connectivity index (χ0n) is 16.7. The molecule has 2 aromatic rings. The molecule has 0 spiro atoms. The Bertz CT molecular complexity index is 721. The Morgan fingerprint density at radius 1 is 1.15 bits per heavy atom. The van der Waals surface area contributed by atoms with E-state index in [0.29, 0.717) is 6.54 Å². The normalized spacial score (nSPS) is 12.1. The minimum atomic E-state index is 0. The third kappa shape index (κ3) is 8.15. The first-order chi connectivity index (χ1) is 12.6. The van der Waals surface area contributed by atoms with Crippen LogP contribution in [0.25, 0.3) is 0 Å². The lowest BCUT2D eigenvalue weighted by molar-refractivity contribution is 0.228. The molecule has 0 aliphatic carbocycles. The summed E-state index contributed by atoms with van der Waals surface area (Å²) < 4.78 is 5.99. The number of rotatable bonds is 8. The summed E-state index contributed by atoms with van der Waals surface area (Å²) in [5.41, 5.74) is 3.66. The SMILES string of the molecule is CCNC(=NCC(C)Oc1ccccc1C)NCCc1ccncc1C.I. The fraction of sp³-hybridized carbons (Fsp3) is 0.429. The van der Waals surface area contributed by atoms with E-state index in [1.807, 2.05) is 37.5 Å². The summed E-state index contributed by atoms with van der Waals surface area (Å²) in [6, 6.07) is 10.1. The van der Waals surface area contributed by atoms with Gasteiger partial charge in [-0.15, -0.1) is 24.0 Å². The van der Waals surface area contributed by atoms with E-state index in [2.05, 4.69) is 53.5 Å². The summed E-state index contributed by atoms with van der Waals surface area (Å²) in [4.78, 5) is 8.79. The molecule has 2 N–H and O–H groups in total.